The van der Waals surface area contributed by atoms with Crippen molar-refractivity contribution in [2.24, 2.45) is 13.0 Å². The van der Waals surface area contributed by atoms with Crippen molar-refractivity contribution in [1.29, 1.82) is 0 Å². The quantitative estimate of drug-likeness (QED) is 0.851. The average molecular weight is 336 g/mol. The van der Waals surface area contributed by atoms with Gasteiger partial charge in [0.2, 0.25) is 10.0 Å². The van der Waals surface area contributed by atoms with Crippen molar-refractivity contribution < 1.29 is 8.42 Å². The second-order valence-electron chi connectivity index (χ2n) is 4.76. The van der Waals surface area contributed by atoms with Crippen LogP contribution in [0.5, 0.6) is 0 Å². The van der Waals surface area contributed by atoms with E-state index in [2.05, 4.69) is 25.8 Å². The Morgan fingerprint density at radius 1 is 1.50 bits per heavy atom. The molecule has 0 amide bonds. The van der Waals surface area contributed by atoms with Crippen LogP contribution in [0.25, 0.3) is 0 Å². The minimum Gasteiger partial charge on any atom is -0.274 e. The van der Waals surface area contributed by atoms with E-state index in [-0.39, 0.29) is 4.90 Å². The van der Waals surface area contributed by atoms with Crippen LogP contribution in [0.4, 0.5) is 0 Å². The molecule has 0 aliphatic heterocycles. The highest BCUT2D eigenvalue weighted by Crippen LogP contribution is 2.29. The molecule has 1 aromatic rings. The maximum absolute atomic E-state index is 12.0. The molecule has 1 heterocycles. The summed E-state index contributed by atoms with van der Waals surface area (Å²) in [4.78, 5) is 0.648. The van der Waals surface area contributed by atoms with Crippen LogP contribution in [0, 0.1) is 5.92 Å². The van der Waals surface area contributed by atoms with Gasteiger partial charge in [0, 0.05) is 24.6 Å². The standard InChI is InChI=1S/C11H18BrN3O2S/c1-15-8-10(7-13-15)18(16,17)14-6-9-4-2-3-5-11(9)12/h7-9,11,14H,2-6H2,1H3. The second-order valence-corrected chi connectivity index (χ2v) is 7.71. The Labute approximate surface area is 116 Å². The number of nitrogens with one attached hydrogen (secondary N) is 1. The molecular formula is C11H18BrN3O2S. The first kappa shape index (κ1) is 14.0. The molecule has 18 heavy (non-hydrogen) atoms. The molecule has 5 nitrogen and oxygen atoms in total. The lowest BCUT2D eigenvalue weighted by atomic mass is 9.89. The van der Waals surface area contributed by atoms with Gasteiger partial charge in [0.15, 0.2) is 0 Å². The van der Waals surface area contributed by atoms with Gasteiger partial charge in [-0.15, -0.1) is 0 Å². The van der Waals surface area contributed by atoms with E-state index in [0.29, 0.717) is 17.3 Å². The molecule has 1 saturated carbocycles. The van der Waals surface area contributed by atoms with E-state index in [4.69, 9.17) is 0 Å². The van der Waals surface area contributed by atoms with E-state index < -0.39 is 10.0 Å². The number of halogens is 1. The fourth-order valence-electron chi connectivity index (χ4n) is 2.23. The highest BCUT2D eigenvalue weighted by atomic mass is 79.9. The molecule has 7 heteroatoms. The van der Waals surface area contributed by atoms with E-state index in [9.17, 15) is 8.42 Å². The minimum absolute atomic E-state index is 0.229. The van der Waals surface area contributed by atoms with Crippen molar-refractivity contribution in [2.45, 2.75) is 35.4 Å². The molecule has 2 unspecified atom stereocenters. The zero-order valence-electron chi connectivity index (χ0n) is 10.3. The monoisotopic (exact) mass is 335 g/mol. The van der Waals surface area contributed by atoms with Crippen molar-refractivity contribution in [3.63, 3.8) is 0 Å². The fourth-order valence-corrected chi connectivity index (χ4v) is 4.08. The first-order valence-corrected chi connectivity index (χ1v) is 8.51. The Morgan fingerprint density at radius 3 is 2.83 bits per heavy atom. The third-order valence-corrected chi connectivity index (χ3v) is 5.93. The van der Waals surface area contributed by atoms with E-state index in [1.54, 1.807) is 7.05 Å². The highest BCUT2D eigenvalue weighted by Gasteiger charge is 2.25. The number of rotatable bonds is 4. The summed E-state index contributed by atoms with van der Waals surface area (Å²) in [5, 5.41) is 3.88. The zero-order chi connectivity index (χ0) is 13.2. The van der Waals surface area contributed by atoms with Gasteiger partial charge in [-0.05, 0) is 18.8 Å². The van der Waals surface area contributed by atoms with Crippen LogP contribution >= 0.6 is 15.9 Å². The molecule has 0 bridgehead atoms. The second kappa shape index (κ2) is 5.71. The Morgan fingerprint density at radius 2 is 2.22 bits per heavy atom. The SMILES string of the molecule is Cn1cc(S(=O)(=O)NCC2CCCCC2Br)cn1. The third kappa shape index (κ3) is 3.33. The molecule has 1 aliphatic carbocycles. The van der Waals surface area contributed by atoms with E-state index in [1.165, 1.54) is 29.9 Å². The van der Waals surface area contributed by atoms with Crippen molar-refractivity contribution in [3.05, 3.63) is 12.4 Å². The highest BCUT2D eigenvalue weighted by molar-refractivity contribution is 9.09. The molecule has 102 valence electrons. The Kier molecular flexibility index (Phi) is 4.45. The molecule has 1 N–H and O–H groups in total. The normalized spacial score (nSPS) is 25.2. The number of sulfonamides is 1. The topological polar surface area (TPSA) is 64.0 Å². The van der Waals surface area contributed by atoms with Crippen LogP contribution in [0.15, 0.2) is 17.3 Å². The van der Waals surface area contributed by atoms with Crippen molar-refractivity contribution >= 4 is 26.0 Å². The molecule has 0 spiro atoms. The minimum atomic E-state index is -3.42. The molecule has 2 rings (SSSR count). The molecule has 2 atom stereocenters. The average Bonchev–Trinajstić information content (AvgIpc) is 2.76. The molecule has 1 aromatic heterocycles. The Hall–Kier alpha value is -0.400. The molecule has 0 aromatic carbocycles. The number of aryl methyl sites for hydroxylation is 1. The predicted octanol–water partition coefficient (Wildman–Crippen LogP) is 1.65. The predicted molar refractivity (Wildman–Crippen MR) is 73.1 cm³/mol. The van der Waals surface area contributed by atoms with Gasteiger partial charge in [-0.1, -0.05) is 28.8 Å². The largest absolute Gasteiger partial charge is 0.274 e. The summed E-state index contributed by atoms with van der Waals surface area (Å²) in [6.45, 7) is 0.493. The van der Waals surface area contributed by atoms with Gasteiger partial charge < -0.3 is 0 Å². The smallest absolute Gasteiger partial charge is 0.243 e. The van der Waals surface area contributed by atoms with Crippen LogP contribution in [-0.4, -0.2) is 29.6 Å². The number of alkyl halides is 1. The van der Waals surface area contributed by atoms with Crippen LogP contribution in [0.2, 0.25) is 0 Å². The molecule has 1 fully saturated rings. The summed E-state index contributed by atoms with van der Waals surface area (Å²) in [5.41, 5.74) is 0. The van der Waals surface area contributed by atoms with Crippen LogP contribution in [0.1, 0.15) is 25.7 Å². The maximum atomic E-state index is 12.0. The summed E-state index contributed by atoms with van der Waals surface area (Å²) >= 11 is 3.63. The van der Waals surface area contributed by atoms with Gasteiger partial charge in [-0.25, -0.2) is 13.1 Å². The summed E-state index contributed by atoms with van der Waals surface area (Å²) in [6, 6.07) is 0. The van der Waals surface area contributed by atoms with E-state index in [1.807, 2.05) is 0 Å². The molecular weight excluding hydrogens is 318 g/mol. The van der Waals surface area contributed by atoms with Crippen LogP contribution in [-0.2, 0) is 17.1 Å². The Balaban J connectivity index is 1.96. The summed E-state index contributed by atoms with van der Waals surface area (Å²) in [5.74, 6) is 0.380. The van der Waals surface area contributed by atoms with Gasteiger partial charge >= 0.3 is 0 Å². The summed E-state index contributed by atoms with van der Waals surface area (Å²) in [6.07, 6.45) is 7.48. The van der Waals surface area contributed by atoms with Crippen molar-refractivity contribution in [1.82, 2.24) is 14.5 Å². The fraction of sp³-hybridized carbons (Fsp3) is 0.727. The van der Waals surface area contributed by atoms with Crippen molar-refractivity contribution in [2.75, 3.05) is 6.54 Å². The zero-order valence-corrected chi connectivity index (χ0v) is 12.7. The lowest BCUT2D eigenvalue weighted by molar-refractivity contribution is 0.373. The number of aromatic nitrogens is 2. The van der Waals surface area contributed by atoms with Gasteiger partial charge in [0.05, 0.1) is 6.20 Å². The summed E-state index contributed by atoms with van der Waals surface area (Å²) < 4.78 is 28.2. The Bertz CT molecular complexity index is 500. The van der Waals surface area contributed by atoms with Crippen molar-refractivity contribution in [3.8, 4) is 0 Å². The molecule has 0 radical (unpaired) electrons. The lowest BCUT2D eigenvalue weighted by Gasteiger charge is -2.27. The van der Waals surface area contributed by atoms with Crippen LogP contribution in [0.3, 0.4) is 0 Å². The van der Waals surface area contributed by atoms with Crippen LogP contribution < -0.4 is 4.72 Å². The number of hydrogen-bond donors (Lipinski definition) is 1. The number of nitrogens with zero attached hydrogens (tertiary/aromatic N) is 2. The lowest BCUT2D eigenvalue weighted by Crippen LogP contribution is -2.34. The first-order chi connectivity index (χ1) is 8.49. The van der Waals surface area contributed by atoms with Gasteiger partial charge in [-0.2, -0.15) is 5.10 Å². The molecule has 1 aliphatic rings. The number of hydrogen-bond acceptors (Lipinski definition) is 3. The maximum Gasteiger partial charge on any atom is 0.243 e. The third-order valence-electron chi connectivity index (χ3n) is 3.34. The van der Waals surface area contributed by atoms with E-state index in [0.717, 1.165) is 12.8 Å². The first-order valence-electron chi connectivity index (χ1n) is 6.11. The van der Waals surface area contributed by atoms with Gasteiger partial charge in [0.25, 0.3) is 0 Å². The van der Waals surface area contributed by atoms with Gasteiger partial charge in [-0.3, -0.25) is 4.68 Å². The van der Waals surface area contributed by atoms with Gasteiger partial charge in [0.1, 0.15) is 4.90 Å². The molecule has 0 saturated heterocycles. The van der Waals surface area contributed by atoms with E-state index >= 15 is 0 Å². The summed E-state index contributed by atoms with van der Waals surface area (Å²) in [7, 11) is -1.71.